The summed E-state index contributed by atoms with van der Waals surface area (Å²) < 4.78 is 5.26. The summed E-state index contributed by atoms with van der Waals surface area (Å²) in [5.41, 5.74) is 0. The summed E-state index contributed by atoms with van der Waals surface area (Å²) in [6.07, 6.45) is 5.38. The Kier molecular flexibility index (Phi) is 3.75. The smallest absolute Gasteiger partial charge is 0.199 e. The number of rotatable bonds is 3. The fourth-order valence-electron chi connectivity index (χ4n) is 1.50. The molecule has 12 heavy (non-hydrogen) atoms. The monoisotopic (exact) mass is 167 g/mol. The van der Waals surface area contributed by atoms with Crippen LogP contribution in [0.15, 0.2) is 0 Å². The van der Waals surface area contributed by atoms with Crippen molar-refractivity contribution in [3.8, 4) is 6.07 Å². The zero-order chi connectivity index (χ0) is 8.81. The lowest BCUT2D eigenvalue weighted by atomic mass is 9.98. The van der Waals surface area contributed by atoms with Crippen LogP contribution in [0.2, 0.25) is 0 Å². The van der Waals surface area contributed by atoms with Crippen molar-refractivity contribution in [2.75, 3.05) is 0 Å². The third kappa shape index (κ3) is 2.63. The molecule has 0 amide bonds. The summed E-state index contributed by atoms with van der Waals surface area (Å²) in [4.78, 5) is 10.3. The van der Waals surface area contributed by atoms with Gasteiger partial charge in [0, 0.05) is 0 Å². The van der Waals surface area contributed by atoms with Crippen LogP contribution in [-0.2, 0) is 9.53 Å². The molecule has 1 aliphatic carbocycles. The Morgan fingerprint density at radius 3 is 2.58 bits per heavy atom. The molecule has 3 heteroatoms. The van der Waals surface area contributed by atoms with E-state index in [1.165, 1.54) is 6.42 Å². The van der Waals surface area contributed by atoms with E-state index in [1.54, 1.807) is 0 Å². The number of ether oxygens (including phenoxy) is 1. The molecule has 0 N–H and O–H groups in total. The average molecular weight is 167 g/mol. The van der Waals surface area contributed by atoms with Crippen molar-refractivity contribution in [1.29, 1.82) is 5.26 Å². The number of carbonyl (C=O) groups is 1. The van der Waals surface area contributed by atoms with Crippen LogP contribution in [0.25, 0.3) is 0 Å². The maximum Gasteiger partial charge on any atom is 0.199 e. The highest BCUT2D eigenvalue weighted by atomic mass is 16.5. The van der Waals surface area contributed by atoms with Gasteiger partial charge in [-0.05, 0) is 12.8 Å². The van der Waals surface area contributed by atoms with Gasteiger partial charge >= 0.3 is 0 Å². The molecule has 1 atom stereocenters. The largest absolute Gasteiger partial charge is 0.353 e. The van der Waals surface area contributed by atoms with Crippen LogP contribution in [0.4, 0.5) is 0 Å². The van der Waals surface area contributed by atoms with Crippen LogP contribution in [0.1, 0.15) is 32.1 Å². The quantitative estimate of drug-likeness (QED) is 0.597. The first-order chi connectivity index (χ1) is 5.86. The number of nitrogens with zero attached hydrogens (tertiary/aromatic N) is 1. The van der Waals surface area contributed by atoms with Gasteiger partial charge < -0.3 is 4.74 Å². The summed E-state index contributed by atoms with van der Waals surface area (Å²) in [5, 5.41) is 8.45. The molecule has 1 saturated carbocycles. The van der Waals surface area contributed by atoms with E-state index < -0.39 is 6.10 Å². The number of carbonyl (C=O) groups excluding carboxylic acids is 1. The molecule has 0 bridgehead atoms. The highest BCUT2D eigenvalue weighted by Gasteiger charge is 2.17. The molecule has 0 heterocycles. The predicted molar refractivity (Wildman–Crippen MR) is 43.4 cm³/mol. The summed E-state index contributed by atoms with van der Waals surface area (Å²) in [7, 11) is 0. The number of hydrogen-bond donors (Lipinski definition) is 0. The van der Waals surface area contributed by atoms with Gasteiger partial charge in [-0.15, -0.1) is 0 Å². The lowest BCUT2D eigenvalue weighted by Crippen LogP contribution is -2.24. The third-order valence-electron chi connectivity index (χ3n) is 2.14. The molecule has 0 aromatic heterocycles. The number of aldehydes is 1. The molecule has 1 fully saturated rings. The molecular formula is C9H13NO2. The second-order valence-corrected chi connectivity index (χ2v) is 3.08. The first-order valence-corrected chi connectivity index (χ1v) is 4.37. The minimum atomic E-state index is -0.854. The standard InChI is InChI=1S/C9H13NO2/c10-6-9(7-11)12-8-4-2-1-3-5-8/h7-9H,1-5H2. The van der Waals surface area contributed by atoms with Gasteiger partial charge in [0.1, 0.15) is 6.07 Å². The maximum absolute atomic E-state index is 10.3. The number of nitriles is 1. The fourth-order valence-corrected chi connectivity index (χ4v) is 1.50. The molecule has 0 aliphatic heterocycles. The van der Waals surface area contributed by atoms with Crippen molar-refractivity contribution >= 4 is 6.29 Å². The van der Waals surface area contributed by atoms with Gasteiger partial charge in [0.2, 0.25) is 0 Å². The van der Waals surface area contributed by atoms with E-state index in [0.717, 1.165) is 25.7 Å². The van der Waals surface area contributed by atoms with Gasteiger partial charge in [0.05, 0.1) is 6.10 Å². The average Bonchev–Trinajstić information content (AvgIpc) is 2.16. The predicted octanol–water partition coefficient (Wildman–Crippen LogP) is 1.43. The van der Waals surface area contributed by atoms with Crippen molar-refractivity contribution in [3.05, 3.63) is 0 Å². The minimum absolute atomic E-state index is 0.133. The first-order valence-electron chi connectivity index (χ1n) is 4.37. The Balaban J connectivity index is 2.28. The van der Waals surface area contributed by atoms with Crippen molar-refractivity contribution in [2.45, 2.75) is 44.3 Å². The molecule has 1 unspecified atom stereocenters. The van der Waals surface area contributed by atoms with Crippen molar-refractivity contribution in [2.24, 2.45) is 0 Å². The van der Waals surface area contributed by atoms with E-state index in [2.05, 4.69) is 0 Å². The second kappa shape index (κ2) is 4.89. The van der Waals surface area contributed by atoms with E-state index in [-0.39, 0.29) is 6.10 Å². The third-order valence-corrected chi connectivity index (χ3v) is 2.14. The second-order valence-electron chi connectivity index (χ2n) is 3.08. The Labute approximate surface area is 72.3 Å². The Morgan fingerprint density at radius 1 is 1.42 bits per heavy atom. The van der Waals surface area contributed by atoms with Crippen LogP contribution in [0.5, 0.6) is 0 Å². The maximum atomic E-state index is 10.3. The van der Waals surface area contributed by atoms with Gasteiger partial charge in [0.25, 0.3) is 0 Å². The SMILES string of the molecule is N#CC(C=O)OC1CCCCC1. The van der Waals surface area contributed by atoms with Gasteiger partial charge in [0.15, 0.2) is 12.4 Å². The van der Waals surface area contributed by atoms with E-state index in [0.29, 0.717) is 6.29 Å². The lowest BCUT2D eigenvalue weighted by molar-refractivity contribution is -0.118. The molecule has 0 aromatic carbocycles. The molecule has 0 radical (unpaired) electrons. The highest BCUT2D eigenvalue weighted by molar-refractivity contribution is 5.60. The van der Waals surface area contributed by atoms with Gasteiger partial charge in [-0.25, -0.2) is 0 Å². The van der Waals surface area contributed by atoms with Crippen LogP contribution >= 0.6 is 0 Å². The molecule has 1 aliphatic rings. The van der Waals surface area contributed by atoms with Crippen molar-refractivity contribution in [1.82, 2.24) is 0 Å². The van der Waals surface area contributed by atoms with Gasteiger partial charge in [-0.3, -0.25) is 4.79 Å². The molecule has 0 saturated heterocycles. The molecule has 1 rings (SSSR count). The molecule has 0 spiro atoms. The minimum Gasteiger partial charge on any atom is -0.353 e. The van der Waals surface area contributed by atoms with Gasteiger partial charge in [-0.1, -0.05) is 19.3 Å². The summed E-state index contributed by atoms with van der Waals surface area (Å²) in [6, 6.07) is 1.81. The topological polar surface area (TPSA) is 50.1 Å². The summed E-state index contributed by atoms with van der Waals surface area (Å²) in [5.74, 6) is 0. The highest BCUT2D eigenvalue weighted by Crippen LogP contribution is 2.20. The molecule has 0 aromatic rings. The zero-order valence-electron chi connectivity index (χ0n) is 7.03. The normalized spacial score (nSPS) is 21.2. The van der Waals surface area contributed by atoms with Crippen LogP contribution in [0.3, 0.4) is 0 Å². The zero-order valence-corrected chi connectivity index (χ0v) is 7.03. The van der Waals surface area contributed by atoms with Crippen LogP contribution in [0, 0.1) is 11.3 Å². The molecule has 3 nitrogen and oxygen atoms in total. The van der Waals surface area contributed by atoms with Gasteiger partial charge in [-0.2, -0.15) is 5.26 Å². The Morgan fingerprint density at radius 2 is 2.08 bits per heavy atom. The fraction of sp³-hybridized carbons (Fsp3) is 0.778. The van der Waals surface area contributed by atoms with Crippen LogP contribution in [-0.4, -0.2) is 18.5 Å². The molecular weight excluding hydrogens is 154 g/mol. The molecule has 66 valence electrons. The van der Waals surface area contributed by atoms with E-state index in [1.807, 2.05) is 6.07 Å². The van der Waals surface area contributed by atoms with E-state index in [9.17, 15) is 4.79 Å². The van der Waals surface area contributed by atoms with E-state index in [4.69, 9.17) is 10.00 Å². The lowest BCUT2D eigenvalue weighted by Gasteiger charge is -2.22. The van der Waals surface area contributed by atoms with E-state index >= 15 is 0 Å². The first kappa shape index (κ1) is 9.21. The Bertz CT molecular complexity index is 179. The Hall–Kier alpha value is -0.880. The van der Waals surface area contributed by atoms with Crippen molar-refractivity contribution < 1.29 is 9.53 Å². The summed E-state index contributed by atoms with van der Waals surface area (Å²) in [6.45, 7) is 0. The van der Waals surface area contributed by atoms with Crippen LogP contribution < -0.4 is 0 Å². The summed E-state index contributed by atoms with van der Waals surface area (Å²) >= 11 is 0. The van der Waals surface area contributed by atoms with Crippen molar-refractivity contribution in [3.63, 3.8) is 0 Å². The number of hydrogen-bond acceptors (Lipinski definition) is 3.